The lowest BCUT2D eigenvalue weighted by atomic mass is 9.93. The number of hydrogen-bond acceptors (Lipinski definition) is 4. The van der Waals surface area contributed by atoms with Crippen LogP contribution in [0, 0.1) is 5.92 Å². The topological polar surface area (TPSA) is 28.6 Å². The molecular formula is C19H27F3IN3O. The van der Waals surface area contributed by atoms with E-state index < -0.39 is 11.7 Å². The number of alkyl halides is 3. The van der Waals surface area contributed by atoms with Gasteiger partial charge in [0.25, 0.3) is 0 Å². The minimum Gasteiger partial charge on any atom is -0.356 e. The van der Waals surface area contributed by atoms with Crippen molar-refractivity contribution in [2.24, 2.45) is 5.92 Å². The molecule has 1 aromatic heterocycles. The van der Waals surface area contributed by atoms with Gasteiger partial charge >= 0.3 is 6.18 Å². The first-order valence-electron chi connectivity index (χ1n) is 9.74. The number of anilines is 1. The summed E-state index contributed by atoms with van der Waals surface area (Å²) < 4.78 is 45.3. The summed E-state index contributed by atoms with van der Waals surface area (Å²) in [4.78, 5) is 8.46. The van der Waals surface area contributed by atoms with Crippen molar-refractivity contribution in [2.75, 3.05) is 37.7 Å². The molecule has 8 heteroatoms. The summed E-state index contributed by atoms with van der Waals surface area (Å²) in [5.41, 5.74) is -0.624. The Balaban J connectivity index is 1.66. The maximum absolute atomic E-state index is 13.4. The van der Waals surface area contributed by atoms with Gasteiger partial charge in [0.05, 0.1) is 12.2 Å². The lowest BCUT2D eigenvalue weighted by Crippen LogP contribution is -2.47. The van der Waals surface area contributed by atoms with E-state index >= 15 is 0 Å². The summed E-state index contributed by atoms with van der Waals surface area (Å²) in [7, 11) is 0. The summed E-state index contributed by atoms with van der Waals surface area (Å²) in [6, 6.07) is 3.03. The number of aromatic nitrogens is 1. The minimum absolute atomic E-state index is 0.0863. The number of halogens is 4. The molecule has 0 spiro atoms. The van der Waals surface area contributed by atoms with E-state index in [4.69, 9.17) is 3.07 Å². The highest BCUT2D eigenvalue weighted by atomic mass is 127. The molecule has 0 bridgehead atoms. The van der Waals surface area contributed by atoms with E-state index in [1.54, 1.807) is 0 Å². The molecule has 2 atom stereocenters. The third-order valence-electron chi connectivity index (χ3n) is 5.68. The standard InChI is InChI=1S/C19H27F3IN3O/c20-19(21,22)17-7-3-9-24-18(17)26-11-4-5-15(14-26)13-25-10-2-1-6-16(25)8-12-27-23/h3,7,9,15-16H,1-2,4-6,8,10-14H2/t15-,16+/m1/s1. The molecule has 0 saturated carbocycles. The van der Waals surface area contributed by atoms with E-state index in [-0.39, 0.29) is 5.82 Å². The summed E-state index contributed by atoms with van der Waals surface area (Å²) in [5, 5.41) is 0. The molecule has 0 unspecified atom stereocenters. The highest BCUT2D eigenvalue weighted by molar-refractivity contribution is 14.1. The van der Waals surface area contributed by atoms with Crippen molar-refractivity contribution in [1.29, 1.82) is 0 Å². The van der Waals surface area contributed by atoms with Crippen molar-refractivity contribution in [1.82, 2.24) is 9.88 Å². The van der Waals surface area contributed by atoms with Crippen LogP contribution in [0.25, 0.3) is 0 Å². The smallest absolute Gasteiger partial charge is 0.356 e. The Labute approximate surface area is 173 Å². The van der Waals surface area contributed by atoms with Crippen LogP contribution in [-0.2, 0) is 9.24 Å². The molecule has 1 aromatic rings. The first-order valence-corrected chi connectivity index (χ1v) is 10.6. The van der Waals surface area contributed by atoms with Gasteiger partial charge in [-0.25, -0.2) is 4.98 Å². The quantitative estimate of drug-likeness (QED) is 0.522. The molecular weight excluding hydrogens is 470 g/mol. The Morgan fingerprint density at radius 3 is 2.81 bits per heavy atom. The zero-order chi connectivity index (χ0) is 19.3. The second-order valence-electron chi connectivity index (χ2n) is 7.57. The van der Waals surface area contributed by atoms with Crippen LogP contribution < -0.4 is 4.90 Å². The molecule has 0 radical (unpaired) electrons. The number of likely N-dealkylation sites (tertiary alicyclic amines) is 1. The third kappa shape index (κ3) is 5.69. The average molecular weight is 497 g/mol. The molecule has 0 aromatic carbocycles. The van der Waals surface area contributed by atoms with Crippen LogP contribution in [0.15, 0.2) is 18.3 Å². The van der Waals surface area contributed by atoms with Gasteiger partial charge in [0.2, 0.25) is 0 Å². The molecule has 0 N–H and O–H groups in total. The largest absolute Gasteiger partial charge is 0.419 e. The maximum Gasteiger partial charge on any atom is 0.419 e. The summed E-state index contributed by atoms with van der Waals surface area (Å²) in [5.74, 6) is 0.464. The fraction of sp³-hybridized carbons (Fsp3) is 0.737. The van der Waals surface area contributed by atoms with Crippen LogP contribution in [0.5, 0.6) is 0 Å². The number of nitrogens with zero attached hydrogens (tertiary/aromatic N) is 3. The van der Waals surface area contributed by atoms with E-state index in [1.807, 2.05) is 27.9 Å². The van der Waals surface area contributed by atoms with E-state index in [9.17, 15) is 13.2 Å². The third-order valence-corrected chi connectivity index (χ3v) is 6.12. The minimum atomic E-state index is -4.37. The van der Waals surface area contributed by atoms with Crippen molar-refractivity contribution in [3.05, 3.63) is 23.9 Å². The van der Waals surface area contributed by atoms with Crippen LogP contribution in [0.3, 0.4) is 0 Å². The molecule has 2 saturated heterocycles. The summed E-state index contributed by atoms with van der Waals surface area (Å²) in [6.45, 7) is 4.08. The van der Waals surface area contributed by atoms with Crippen molar-refractivity contribution in [3.8, 4) is 0 Å². The lowest BCUT2D eigenvalue weighted by Gasteiger charge is -2.41. The van der Waals surface area contributed by atoms with Gasteiger partial charge in [0.15, 0.2) is 0 Å². The Morgan fingerprint density at radius 2 is 2.04 bits per heavy atom. The van der Waals surface area contributed by atoms with E-state index in [0.29, 0.717) is 25.0 Å². The van der Waals surface area contributed by atoms with Crippen LogP contribution in [0.4, 0.5) is 19.0 Å². The van der Waals surface area contributed by atoms with Crippen molar-refractivity contribution >= 4 is 28.8 Å². The van der Waals surface area contributed by atoms with Crippen LogP contribution in [0.2, 0.25) is 0 Å². The predicted molar refractivity (Wildman–Crippen MR) is 108 cm³/mol. The molecule has 3 rings (SSSR count). The maximum atomic E-state index is 13.4. The molecule has 0 aliphatic carbocycles. The van der Waals surface area contributed by atoms with E-state index in [0.717, 1.165) is 45.0 Å². The molecule has 152 valence electrons. The SMILES string of the molecule is FC(F)(F)c1cccnc1N1CCC[C@H](CN2CCCC[C@H]2CCOI)C1. The number of hydrogen-bond donors (Lipinski definition) is 0. The molecule has 27 heavy (non-hydrogen) atoms. The summed E-state index contributed by atoms with van der Waals surface area (Å²) in [6.07, 6.45) is 3.74. The second-order valence-corrected chi connectivity index (χ2v) is 8.20. The molecule has 2 aliphatic heterocycles. The van der Waals surface area contributed by atoms with E-state index in [1.165, 1.54) is 31.5 Å². The van der Waals surface area contributed by atoms with Gasteiger partial charge in [0, 0.05) is 31.9 Å². The molecule has 2 aliphatic rings. The summed E-state index contributed by atoms with van der Waals surface area (Å²) >= 11 is 1.94. The Hall–Kier alpha value is -0.610. The fourth-order valence-corrected chi connectivity index (χ4v) is 4.67. The van der Waals surface area contributed by atoms with Gasteiger partial charge in [-0.1, -0.05) is 6.42 Å². The first-order chi connectivity index (χ1) is 13.0. The Bertz CT molecular complexity index is 602. The van der Waals surface area contributed by atoms with Gasteiger partial charge < -0.3 is 7.97 Å². The highest BCUT2D eigenvalue weighted by Crippen LogP contribution is 2.36. The van der Waals surface area contributed by atoms with Gasteiger partial charge in [-0.05, 0) is 56.7 Å². The van der Waals surface area contributed by atoms with Gasteiger partial charge in [-0.2, -0.15) is 13.2 Å². The Kier molecular flexibility index (Phi) is 7.61. The van der Waals surface area contributed by atoms with Crippen LogP contribution in [-0.4, -0.2) is 48.7 Å². The fourth-order valence-electron chi connectivity index (χ4n) is 4.42. The van der Waals surface area contributed by atoms with Crippen molar-refractivity contribution in [3.63, 3.8) is 0 Å². The number of rotatable bonds is 6. The second kappa shape index (κ2) is 9.73. The number of piperidine rings is 2. The monoisotopic (exact) mass is 497 g/mol. The lowest BCUT2D eigenvalue weighted by molar-refractivity contribution is -0.137. The highest BCUT2D eigenvalue weighted by Gasteiger charge is 2.37. The van der Waals surface area contributed by atoms with Crippen molar-refractivity contribution < 1.29 is 16.2 Å². The van der Waals surface area contributed by atoms with Gasteiger partial charge in [-0.3, -0.25) is 4.90 Å². The molecule has 4 nitrogen and oxygen atoms in total. The molecule has 3 heterocycles. The predicted octanol–water partition coefficient (Wildman–Crippen LogP) is 4.93. The molecule has 0 amide bonds. The normalized spacial score (nSPS) is 25.0. The van der Waals surface area contributed by atoms with E-state index in [2.05, 4.69) is 9.88 Å². The first kappa shape index (κ1) is 21.1. The Morgan fingerprint density at radius 1 is 1.19 bits per heavy atom. The van der Waals surface area contributed by atoms with Crippen LogP contribution >= 0.6 is 23.0 Å². The zero-order valence-electron chi connectivity index (χ0n) is 15.4. The van der Waals surface area contributed by atoms with Crippen LogP contribution in [0.1, 0.15) is 44.1 Å². The number of pyridine rings is 1. The average Bonchev–Trinajstić information content (AvgIpc) is 2.67. The zero-order valence-corrected chi connectivity index (χ0v) is 17.6. The molecule has 2 fully saturated rings. The van der Waals surface area contributed by atoms with Crippen molar-refractivity contribution in [2.45, 2.75) is 50.7 Å². The van der Waals surface area contributed by atoms with Gasteiger partial charge in [-0.15, -0.1) is 0 Å². The van der Waals surface area contributed by atoms with Gasteiger partial charge in [0.1, 0.15) is 28.8 Å².